The maximum absolute atomic E-state index is 11.2. The van der Waals surface area contributed by atoms with Crippen LogP contribution in [0.1, 0.15) is 18.9 Å². The Morgan fingerprint density at radius 2 is 2.25 bits per heavy atom. The number of aromatic amines is 2. The predicted octanol–water partition coefficient (Wildman–Crippen LogP) is 0.746. The fourth-order valence-electron chi connectivity index (χ4n) is 1.03. The molecule has 0 atom stereocenters. The first-order valence-electron chi connectivity index (χ1n) is 4.71. The van der Waals surface area contributed by atoms with E-state index in [0.29, 0.717) is 17.7 Å². The number of hydrogen-bond acceptors (Lipinski definition) is 4. The molecule has 0 saturated carbocycles. The molecule has 86 valence electrons. The Morgan fingerprint density at radius 3 is 2.88 bits per heavy atom. The summed E-state index contributed by atoms with van der Waals surface area (Å²) in [5, 5.41) is 0.0790. The quantitative estimate of drug-likeness (QED) is 0.761. The molecule has 0 unspecified atom stereocenters. The first kappa shape index (κ1) is 12.5. The van der Waals surface area contributed by atoms with Crippen LogP contribution in [0.4, 0.5) is 0 Å². The number of carbonyl (C=O) groups is 1. The average Bonchev–Trinajstić information content (AvgIpc) is 2.20. The van der Waals surface area contributed by atoms with Crippen LogP contribution in [0.15, 0.2) is 21.9 Å². The summed E-state index contributed by atoms with van der Waals surface area (Å²) in [5.41, 5.74) is -0.541. The van der Waals surface area contributed by atoms with Gasteiger partial charge in [-0.15, -0.1) is 0 Å². The number of aromatic nitrogens is 2. The lowest BCUT2D eigenvalue weighted by Gasteiger charge is -1.92. The third-order valence-electron chi connectivity index (χ3n) is 1.74. The van der Waals surface area contributed by atoms with E-state index in [1.807, 2.05) is 0 Å². The second kappa shape index (κ2) is 6.12. The lowest BCUT2D eigenvalue weighted by atomic mass is 10.3. The van der Waals surface area contributed by atoms with E-state index >= 15 is 0 Å². The van der Waals surface area contributed by atoms with Gasteiger partial charge in [-0.2, -0.15) is 0 Å². The maximum Gasteiger partial charge on any atom is 0.325 e. The van der Waals surface area contributed by atoms with Gasteiger partial charge in [-0.25, -0.2) is 4.79 Å². The van der Waals surface area contributed by atoms with Crippen molar-refractivity contribution < 1.29 is 4.79 Å². The number of hydrogen-bond donors (Lipinski definition) is 2. The lowest BCUT2D eigenvalue weighted by molar-refractivity contribution is -0.109. The van der Waals surface area contributed by atoms with Crippen LogP contribution in [0.2, 0.25) is 0 Å². The number of allylic oxidation sites excluding steroid dienone is 1. The highest BCUT2D eigenvalue weighted by Gasteiger charge is 1.95. The number of rotatable bonds is 4. The van der Waals surface area contributed by atoms with E-state index in [9.17, 15) is 14.4 Å². The molecular weight excluding hydrogens is 228 g/mol. The third-order valence-corrected chi connectivity index (χ3v) is 2.58. The van der Waals surface area contributed by atoms with Crippen LogP contribution in [-0.2, 0) is 4.79 Å². The molecule has 0 radical (unpaired) electrons. The summed E-state index contributed by atoms with van der Waals surface area (Å²) in [4.78, 5) is 37.1. The largest absolute Gasteiger partial charge is 0.325 e. The molecule has 1 aromatic rings. The van der Waals surface area contributed by atoms with Crippen molar-refractivity contribution in [1.29, 1.82) is 0 Å². The highest BCUT2D eigenvalue weighted by Crippen LogP contribution is 2.04. The number of thioether (sulfide) groups is 1. The zero-order chi connectivity index (χ0) is 12.0. The van der Waals surface area contributed by atoms with Gasteiger partial charge in [0.15, 0.2) is 5.12 Å². The van der Waals surface area contributed by atoms with Crippen molar-refractivity contribution in [3.63, 3.8) is 0 Å². The molecule has 16 heavy (non-hydrogen) atoms. The van der Waals surface area contributed by atoms with Crippen molar-refractivity contribution in [3.05, 3.63) is 38.7 Å². The molecule has 5 nitrogen and oxygen atoms in total. The zero-order valence-corrected chi connectivity index (χ0v) is 9.60. The lowest BCUT2D eigenvalue weighted by Crippen LogP contribution is -2.22. The summed E-state index contributed by atoms with van der Waals surface area (Å²) < 4.78 is 0. The number of H-pyrrole nitrogens is 2. The van der Waals surface area contributed by atoms with E-state index in [4.69, 9.17) is 0 Å². The predicted molar refractivity (Wildman–Crippen MR) is 64.5 cm³/mol. The molecule has 0 spiro atoms. The first-order valence-corrected chi connectivity index (χ1v) is 5.70. The highest BCUT2D eigenvalue weighted by molar-refractivity contribution is 8.13. The van der Waals surface area contributed by atoms with Gasteiger partial charge in [0.1, 0.15) is 0 Å². The normalized spacial score (nSPS) is 10.8. The molecule has 0 fully saturated rings. The second-order valence-electron chi connectivity index (χ2n) is 3.06. The summed E-state index contributed by atoms with van der Waals surface area (Å²) >= 11 is 1.24. The molecule has 0 saturated heterocycles. The Hall–Kier alpha value is -1.56. The van der Waals surface area contributed by atoms with Gasteiger partial charge in [0.2, 0.25) is 0 Å². The molecule has 0 aromatic carbocycles. The van der Waals surface area contributed by atoms with E-state index < -0.39 is 11.2 Å². The topological polar surface area (TPSA) is 82.8 Å². The minimum atomic E-state index is -0.519. The zero-order valence-electron chi connectivity index (χ0n) is 8.78. The Labute approximate surface area is 96.0 Å². The minimum Gasteiger partial charge on any atom is -0.314 e. The molecule has 1 heterocycles. The Balaban J connectivity index is 2.53. The van der Waals surface area contributed by atoms with Gasteiger partial charge in [0.05, 0.1) is 5.56 Å². The van der Waals surface area contributed by atoms with Crippen LogP contribution < -0.4 is 11.2 Å². The summed E-state index contributed by atoms with van der Waals surface area (Å²) in [6, 6.07) is 0. The summed E-state index contributed by atoms with van der Waals surface area (Å²) in [6.07, 6.45) is 5.47. The fraction of sp³-hybridized carbons (Fsp3) is 0.300. The minimum absolute atomic E-state index is 0.0790. The maximum atomic E-state index is 11.2. The van der Waals surface area contributed by atoms with Gasteiger partial charge < -0.3 is 4.98 Å². The molecule has 1 rings (SSSR count). The van der Waals surface area contributed by atoms with Crippen LogP contribution in [0, 0.1) is 0 Å². The molecule has 0 aliphatic rings. The summed E-state index contributed by atoms with van der Waals surface area (Å²) in [5.74, 6) is 0.688. The van der Waals surface area contributed by atoms with E-state index in [0.717, 1.165) is 0 Å². The van der Waals surface area contributed by atoms with E-state index in [1.165, 1.54) is 24.9 Å². The van der Waals surface area contributed by atoms with Crippen molar-refractivity contribution in [2.24, 2.45) is 0 Å². The fourth-order valence-corrected chi connectivity index (χ4v) is 1.57. The van der Waals surface area contributed by atoms with Gasteiger partial charge in [-0.1, -0.05) is 23.9 Å². The Kier molecular flexibility index (Phi) is 4.78. The average molecular weight is 240 g/mol. The Morgan fingerprint density at radius 1 is 1.50 bits per heavy atom. The van der Waals surface area contributed by atoms with Crippen molar-refractivity contribution >= 4 is 23.0 Å². The smallest absolute Gasteiger partial charge is 0.314 e. The molecule has 2 N–H and O–H groups in total. The number of carbonyl (C=O) groups excluding carboxylic acids is 1. The van der Waals surface area contributed by atoms with Crippen molar-refractivity contribution in [3.8, 4) is 0 Å². The SMILES string of the molecule is CC(=O)SCCC=Cc1c[nH]c(=O)[nH]c1=O. The molecule has 0 bridgehead atoms. The van der Waals surface area contributed by atoms with Gasteiger partial charge in [-0.05, 0) is 6.42 Å². The molecule has 1 aromatic heterocycles. The highest BCUT2D eigenvalue weighted by atomic mass is 32.2. The Bertz CT molecular complexity index is 501. The van der Waals surface area contributed by atoms with Gasteiger partial charge in [0.25, 0.3) is 5.56 Å². The first-order chi connectivity index (χ1) is 7.59. The molecular formula is C10H12N2O3S. The third kappa shape index (κ3) is 4.31. The second-order valence-corrected chi connectivity index (χ2v) is 4.33. The van der Waals surface area contributed by atoms with Gasteiger partial charge >= 0.3 is 5.69 Å². The van der Waals surface area contributed by atoms with Gasteiger partial charge in [0, 0.05) is 18.9 Å². The van der Waals surface area contributed by atoms with Crippen LogP contribution >= 0.6 is 11.8 Å². The van der Waals surface area contributed by atoms with Crippen LogP contribution in [0.25, 0.3) is 6.08 Å². The van der Waals surface area contributed by atoms with E-state index in [2.05, 4.69) is 9.97 Å². The van der Waals surface area contributed by atoms with Gasteiger partial charge in [-0.3, -0.25) is 14.6 Å². The van der Waals surface area contributed by atoms with E-state index in [1.54, 1.807) is 12.2 Å². The van der Waals surface area contributed by atoms with E-state index in [-0.39, 0.29) is 5.12 Å². The van der Waals surface area contributed by atoms with Crippen molar-refractivity contribution in [2.75, 3.05) is 5.75 Å². The summed E-state index contributed by atoms with van der Waals surface area (Å²) in [6.45, 7) is 1.51. The molecule has 0 amide bonds. The van der Waals surface area contributed by atoms with Crippen molar-refractivity contribution in [2.45, 2.75) is 13.3 Å². The van der Waals surface area contributed by atoms with Crippen molar-refractivity contribution in [1.82, 2.24) is 9.97 Å². The summed E-state index contributed by atoms with van der Waals surface area (Å²) in [7, 11) is 0. The standard InChI is InChI=1S/C10H12N2O3S/c1-7(13)16-5-3-2-4-8-6-11-10(15)12-9(8)14/h2,4,6H,3,5H2,1H3,(H2,11,12,14,15). The number of nitrogens with one attached hydrogen (secondary N) is 2. The van der Waals surface area contributed by atoms with Crippen LogP contribution in [0.3, 0.4) is 0 Å². The monoisotopic (exact) mass is 240 g/mol. The molecule has 0 aliphatic heterocycles. The molecule has 0 aliphatic carbocycles. The molecule has 6 heteroatoms. The van der Waals surface area contributed by atoms with Crippen LogP contribution in [-0.4, -0.2) is 20.8 Å². The van der Waals surface area contributed by atoms with Crippen LogP contribution in [0.5, 0.6) is 0 Å².